The Kier molecular flexibility index (Phi) is 10.6. The van der Waals surface area contributed by atoms with Gasteiger partial charge in [-0.1, -0.05) is 5.11 Å². The van der Waals surface area contributed by atoms with Gasteiger partial charge in [0.05, 0.1) is 6.42 Å². The molecule has 1 rings (SSSR count). The quantitative estimate of drug-likeness (QED) is 0.0398. The SMILES string of the molecule is CS(=O)(=O)SCCOC(=O)c1cc(N=[N+]=[N-])ccc1OC(=O)CC(CO[N+](=O)[O-])O[N+](=O)[O-]. The summed E-state index contributed by atoms with van der Waals surface area (Å²) in [6, 6.07) is 3.27. The zero-order chi connectivity index (χ0) is 25.0. The minimum absolute atomic E-state index is 0.0521. The maximum absolute atomic E-state index is 12.4. The van der Waals surface area contributed by atoms with E-state index < -0.39 is 55.9 Å². The van der Waals surface area contributed by atoms with E-state index in [1.54, 1.807) is 0 Å². The number of benzene rings is 1. The van der Waals surface area contributed by atoms with Crippen molar-refractivity contribution in [1.29, 1.82) is 0 Å². The van der Waals surface area contributed by atoms with Crippen LogP contribution in [0.4, 0.5) is 5.69 Å². The topological polar surface area (TPSA) is 240 Å². The lowest BCUT2D eigenvalue weighted by Gasteiger charge is -2.14. The second-order valence-corrected chi connectivity index (χ2v) is 10.3. The third-order valence-electron chi connectivity index (χ3n) is 3.18. The second kappa shape index (κ2) is 12.9. The summed E-state index contributed by atoms with van der Waals surface area (Å²) in [4.78, 5) is 55.9. The Hall–Kier alpha value is -3.83. The van der Waals surface area contributed by atoms with Gasteiger partial charge in [0.1, 0.15) is 30.6 Å². The van der Waals surface area contributed by atoms with Crippen LogP contribution in [0.5, 0.6) is 5.75 Å². The third kappa shape index (κ3) is 11.4. The van der Waals surface area contributed by atoms with E-state index in [9.17, 15) is 38.2 Å². The summed E-state index contributed by atoms with van der Waals surface area (Å²) in [5.74, 6) is -2.73. The third-order valence-corrected chi connectivity index (χ3v) is 5.72. The molecular weight excluding hydrogens is 494 g/mol. The van der Waals surface area contributed by atoms with Crippen LogP contribution in [-0.2, 0) is 28.1 Å². The average molecular weight is 509 g/mol. The number of azide groups is 1. The van der Waals surface area contributed by atoms with Crippen molar-refractivity contribution in [3.8, 4) is 5.75 Å². The molecule has 180 valence electrons. The summed E-state index contributed by atoms with van der Waals surface area (Å²) in [7, 11) is -2.84. The van der Waals surface area contributed by atoms with Crippen LogP contribution in [-0.4, -0.2) is 61.9 Å². The fourth-order valence-electron chi connectivity index (χ4n) is 2.02. The number of carbonyl (C=O) groups is 2. The summed E-state index contributed by atoms with van der Waals surface area (Å²) in [5, 5.41) is 21.5. The van der Waals surface area contributed by atoms with E-state index in [0.29, 0.717) is 10.8 Å². The molecule has 0 radical (unpaired) electrons. The van der Waals surface area contributed by atoms with Gasteiger partial charge in [0.25, 0.3) is 10.2 Å². The maximum atomic E-state index is 12.4. The van der Waals surface area contributed by atoms with E-state index in [0.717, 1.165) is 18.4 Å². The molecule has 0 aromatic heterocycles. The number of esters is 2. The van der Waals surface area contributed by atoms with Gasteiger partial charge in [-0.15, -0.1) is 20.2 Å². The first-order chi connectivity index (χ1) is 15.4. The zero-order valence-electron chi connectivity index (χ0n) is 16.6. The Morgan fingerprint density at radius 3 is 2.55 bits per heavy atom. The van der Waals surface area contributed by atoms with E-state index in [-0.39, 0.29) is 23.6 Å². The molecule has 0 bridgehead atoms. The van der Waals surface area contributed by atoms with Crippen LogP contribution in [0, 0.1) is 20.2 Å². The fourth-order valence-corrected chi connectivity index (χ4v) is 3.59. The first-order valence-corrected chi connectivity index (χ1v) is 11.8. The highest BCUT2D eigenvalue weighted by Crippen LogP contribution is 2.26. The Labute approximate surface area is 188 Å². The lowest BCUT2D eigenvalue weighted by atomic mass is 10.1. The van der Waals surface area contributed by atoms with Crippen molar-refractivity contribution in [2.45, 2.75) is 12.5 Å². The summed E-state index contributed by atoms with van der Waals surface area (Å²) in [6.45, 7) is -1.28. The second-order valence-electron chi connectivity index (χ2n) is 5.68. The summed E-state index contributed by atoms with van der Waals surface area (Å²) >= 11 is 0. The van der Waals surface area contributed by atoms with Crippen LogP contribution in [0.2, 0.25) is 0 Å². The average Bonchev–Trinajstić information content (AvgIpc) is 2.69. The highest BCUT2D eigenvalue weighted by Gasteiger charge is 2.23. The molecule has 0 heterocycles. The Bertz CT molecular complexity index is 1060. The fraction of sp³-hybridized carbons (Fsp3) is 0.429. The molecule has 1 aromatic rings. The number of rotatable bonds is 14. The lowest BCUT2D eigenvalue weighted by Crippen LogP contribution is -2.29. The van der Waals surface area contributed by atoms with E-state index in [4.69, 9.17) is 15.0 Å². The van der Waals surface area contributed by atoms with Gasteiger partial charge in [-0.05, 0) is 34.5 Å². The molecule has 19 heteroatoms. The molecule has 17 nitrogen and oxygen atoms in total. The van der Waals surface area contributed by atoms with Gasteiger partial charge < -0.3 is 19.1 Å². The summed E-state index contributed by atoms with van der Waals surface area (Å²) < 4.78 is 32.1. The molecule has 0 spiro atoms. The lowest BCUT2D eigenvalue weighted by molar-refractivity contribution is -0.789. The predicted molar refractivity (Wildman–Crippen MR) is 108 cm³/mol. The van der Waals surface area contributed by atoms with Gasteiger partial charge in [-0.25, -0.2) is 13.2 Å². The molecule has 1 unspecified atom stereocenters. The smallest absolute Gasteiger partial charge is 0.341 e. The number of carbonyl (C=O) groups excluding carboxylic acids is 2. The van der Waals surface area contributed by atoms with Crippen molar-refractivity contribution in [1.82, 2.24) is 0 Å². The molecule has 0 aliphatic heterocycles. The highest BCUT2D eigenvalue weighted by molar-refractivity contribution is 8.71. The molecule has 33 heavy (non-hydrogen) atoms. The molecule has 0 saturated carbocycles. The van der Waals surface area contributed by atoms with Crippen LogP contribution in [0.15, 0.2) is 23.3 Å². The van der Waals surface area contributed by atoms with Gasteiger partial charge in [0, 0.05) is 22.6 Å². The van der Waals surface area contributed by atoms with Crippen molar-refractivity contribution in [3.63, 3.8) is 0 Å². The van der Waals surface area contributed by atoms with Gasteiger partial charge in [-0.3, -0.25) is 4.79 Å². The molecule has 0 fully saturated rings. The molecule has 0 aliphatic carbocycles. The van der Waals surface area contributed by atoms with Crippen LogP contribution in [0.1, 0.15) is 16.8 Å². The predicted octanol–water partition coefficient (Wildman–Crippen LogP) is 1.56. The van der Waals surface area contributed by atoms with Crippen molar-refractivity contribution in [2.75, 3.05) is 25.2 Å². The normalized spacial score (nSPS) is 11.4. The monoisotopic (exact) mass is 509 g/mol. The first-order valence-electron chi connectivity index (χ1n) is 8.41. The van der Waals surface area contributed by atoms with E-state index in [2.05, 4.69) is 19.7 Å². The van der Waals surface area contributed by atoms with Gasteiger partial charge in [-0.2, -0.15) is 0 Å². The van der Waals surface area contributed by atoms with Crippen LogP contribution >= 0.6 is 10.8 Å². The molecule has 0 aliphatic rings. The number of hydrogen-bond acceptors (Lipinski definition) is 14. The molecule has 1 atom stereocenters. The number of hydrogen-bond donors (Lipinski definition) is 0. The van der Waals surface area contributed by atoms with Gasteiger partial charge >= 0.3 is 11.9 Å². The van der Waals surface area contributed by atoms with Crippen LogP contribution < -0.4 is 4.74 Å². The van der Waals surface area contributed by atoms with Crippen molar-refractivity contribution in [3.05, 3.63) is 54.4 Å². The molecule has 0 amide bonds. The van der Waals surface area contributed by atoms with Crippen molar-refractivity contribution in [2.24, 2.45) is 5.11 Å². The van der Waals surface area contributed by atoms with Crippen LogP contribution in [0.25, 0.3) is 10.4 Å². The van der Waals surface area contributed by atoms with Crippen molar-refractivity contribution >= 4 is 37.3 Å². The summed E-state index contributed by atoms with van der Waals surface area (Å²) in [5.41, 5.74) is 8.11. The summed E-state index contributed by atoms with van der Waals surface area (Å²) in [6.07, 6.45) is -1.59. The molecule has 0 N–H and O–H groups in total. The Balaban J connectivity index is 2.97. The largest absolute Gasteiger partial charge is 0.461 e. The van der Waals surface area contributed by atoms with Gasteiger partial charge in [0.2, 0.25) is 0 Å². The minimum Gasteiger partial charge on any atom is -0.461 e. The molecular formula is C14H15N5O12S2. The molecule has 1 aromatic carbocycles. The Morgan fingerprint density at radius 1 is 1.27 bits per heavy atom. The van der Waals surface area contributed by atoms with Crippen molar-refractivity contribution < 1.29 is 47.3 Å². The zero-order valence-corrected chi connectivity index (χ0v) is 18.2. The highest BCUT2D eigenvalue weighted by atomic mass is 33.1. The minimum atomic E-state index is -3.37. The molecule has 0 saturated heterocycles. The van der Waals surface area contributed by atoms with Gasteiger partial charge in [0.15, 0.2) is 8.87 Å². The standard InChI is InChI=1S/C14H15N5O12S2/c1-33(26,27)32-5-4-28-14(21)11-6-9(16-17-15)2-3-12(11)30-13(20)7-10(31-19(24)25)8-29-18(22)23/h2-3,6,10H,4-5,7-8H2,1H3. The van der Waals surface area contributed by atoms with E-state index in [1.165, 1.54) is 6.07 Å². The van der Waals surface area contributed by atoms with E-state index in [1.807, 2.05) is 0 Å². The number of nitrogens with zero attached hydrogens (tertiary/aromatic N) is 5. The number of ether oxygens (including phenoxy) is 2. The van der Waals surface area contributed by atoms with E-state index >= 15 is 0 Å². The first kappa shape index (κ1) is 27.2. The maximum Gasteiger partial charge on any atom is 0.341 e. The van der Waals surface area contributed by atoms with Crippen LogP contribution in [0.3, 0.4) is 0 Å². The Morgan fingerprint density at radius 2 is 1.97 bits per heavy atom.